The van der Waals surface area contributed by atoms with E-state index in [0.717, 1.165) is 38.5 Å². The number of nitrogens with zero attached hydrogens (tertiary/aromatic N) is 3. The Morgan fingerprint density at radius 1 is 1.00 bits per heavy atom. The Hall–Kier alpha value is -4.28. The summed E-state index contributed by atoms with van der Waals surface area (Å²) < 4.78 is 35.5. The largest absolute Gasteiger partial charge is 0.461 e. The predicted molar refractivity (Wildman–Crippen MR) is 171 cm³/mol. The molecule has 0 N–H and O–H groups in total. The van der Waals surface area contributed by atoms with E-state index in [9.17, 15) is 18.0 Å². The average molecular weight is 661 g/mol. The maximum atomic E-state index is 13.5. The van der Waals surface area contributed by atoms with E-state index in [2.05, 4.69) is 38.5 Å². The van der Waals surface area contributed by atoms with Crippen LogP contribution in [0.15, 0.2) is 94.3 Å². The number of carbonyl (C=O) groups is 2. The van der Waals surface area contributed by atoms with E-state index in [0.29, 0.717) is 28.6 Å². The Kier molecular flexibility index (Phi) is 8.79. The van der Waals surface area contributed by atoms with E-state index in [-0.39, 0.29) is 22.9 Å². The number of hydrogen-bond donors (Lipinski definition) is 0. The Balaban J connectivity index is 1.50. The zero-order valence-electron chi connectivity index (χ0n) is 24.0. The highest BCUT2D eigenvalue weighted by molar-refractivity contribution is 9.10. The van der Waals surface area contributed by atoms with E-state index in [4.69, 9.17) is 4.74 Å². The topological polar surface area (TPSA) is 98.6 Å². The van der Waals surface area contributed by atoms with Crippen molar-refractivity contribution in [1.82, 2.24) is 9.55 Å². The number of fused-ring (bicyclic) bond motifs is 1. The number of amides is 1. The van der Waals surface area contributed by atoms with Crippen molar-refractivity contribution in [3.63, 3.8) is 0 Å². The summed E-state index contributed by atoms with van der Waals surface area (Å²) in [6, 6.07) is 24.9. The molecule has 2 aromatic heterocycles. The molecular weight excluding hydrogens is 630 g/mol. The zero-order chi connectivity index (χ0) is 30.7. The Morgan fingerprint density at radius 3 is 2.37 bits per heavy atom. The number of rotatable bonds is 10. The maximum absolute atomic E-state index is 13.5. The molecule has 43 heavy (non-hydrogen) atoms. The SMILES string of the molecule is CCOC(=O)c1cc(C)c2cc(CC)n(Cc3ccc(-c4ccccc4N(C=O)S(=O)(=O)c4ccccc4Br)cc3)c2n1. The van der Waals surface area contributed by atoms with Crippen LogP contribution in [0.25, 0.3) is 22.2 Å². The molecule has 0 spiro atoms. The van der Waals surface area contributed by atoms with Gasteiger partial charge in [-0.3, -0.25) is 4.79 Å². The van der Waals surface area contributed by atoms with Gasteiger partial charge in [0.15, 0.2) is 5.69 Å². The second-order valence-corrected chi connectivity index (χ2v) is 12.5. The van der Waals surface area contributed by atoms with Crippen molar-refractivity contribution in [2.24, 2.45) is 0 Å². The summed E-state index contributed by atoms with van der Waals surface area (Å²) in [5.41, 5.74) is 5.60. The molecule has 8 nitrogen and oxygen atoms in total. The van der Waals surface area contributed by atoms with Gasteiger partial charge in [0, 0.05) is 27.7 Å². The standard InChI is InChI=1S/C33H30BrN3O5S/c1-4-25-19-27-22(3)18-29(33(39)42-5-2)35-32(27)36(25)20-23-14-16-24(17-15-23)26-10-6-8-12-30(26)37(21-38)43(40,41)31-13-9-7-11-28(31)34/h6-19,21H,4-5,20H2,1-3H3. The number of para-hydroxylation sites is 1. The fourth-order valence-corrected chi connectivity index (χ4v) is 7.30. The highest BCUT2D eigenvalue weighted by Crippen LogP contribution is 2.35. The van der Waals surface area contributed by atoms with Gasteiger partial charge in [-0.2, -0.15) is 0 Å². The minimum Gasteiger partial charge on any atom is -0.461 e. The first-order valence-electron chi connectivity index (χ1n) is 13.8. The molecular formula is C33H30BrN3O5S. The van der Waals surface area contributed by atoms with Gasteiger partial charge in [-0.1, -0.05) is 61.5 Å². The molecule has 0 atom stereocenters. The summed E-state index contributed by atoms with van der Waals surface area (Å²) >= 11 is 3.29. The van der Waals surface area contributed by atoms with Gasteiger partial charge in [0.2, 0.25) is 6.41 Å². The molecule has 0 saturated heterocycles. The highest BCUT2D eigenvalue weighted by atomic mass is 79.9. The molecule has 10 heteroatoms. The lowest BCUT2D eigenvalue weighted by Crippen LogP contribution is -2.30. The second kappa shape index (κ2) is 12.5. The van der Waals surface area contributed by atoms with Gasteiger partial charge < -0.3 is 9.30 Å². The maximum Gasteiger partial charge on any atom is 0.357 e. The number of halogens is 1. The van der Waals surface area contributed by atoms with Gasteiger partial charge in [0.05, 0.1) is 12.3 Å². The van der Waals surface area contributed by atoms with Crippen LogP contribution in [0.2, 0.25) is 0 Å². The first-order valence-corrected chi connectivity index (χ1v) is 16.0. The number of aryl methyl sites for hydroxylation is 2. The zero-order valence-corrected chi connectivity index (χ0v) is 26.4. The molecule has 2 heterocycles. The van der Waals surface area contributed by atoms with Crippen molar-refractivity contribution < 1.29 is 22.7 Å². The fraction of sp³-hybridized carbons (Fsp3) is 0.182. The van der Waals surface area contributed by atoms with Crippen molar-refractivity contribution in [2.75, 3.05) is 10.9 Å². The minimum absolute atomic E-state index is 0.00658. The minimum atomic E-state index is -4.18. The van der Waals surface area contributed by atoms with Crippen molar-refractivity contribution in [3.8, 4) is 11.1 Å². The quantitative estimate of drug-likeness (QED) is 0.119. The van der Waals surface area contributed by atoms with Crippen LogP contribution >= 0.6 is 15.9 Å². The molecule has 0 unspecified atom stereocenters. The summed E-state index contributed by atoms with van der Waals surface area (Å²) in [6.07, 6.45) is 1.11. The van der Waals surface area contributed by atoms with Crippen LogP contribution in [0.4, 0.5) is 5.69 Å². The van der Waals surface area contributed by atoms with Gasteiger partial charge in [-0.05, 0) is 83.2 Å². The molecule has 0 saturated carbocycles. The third-order valence-electron chi connectivity index (χ3n) is 7.22. The van der Waals surface area contributed by atoms with E-state index in [1.807, 2.05) is 31.2 Å². The summed E-state index contributed by atoms with van der Waals surface area (Å²) in [7, 11) is -4.18. The monoisotopic (exact) mass is 659 g/mol. The lowest BCUT2D eigenvalue weighted by molar-refractivity contribution is -0.106. The fourth-order valence-electron chi connectivity index (χ4n) is 5.09. The number of aromatic nitrogens is 2. The first kappa shape index (κ1) is 30.2. The molecule has 5 aromatic rings. The smallest absolute Gasteiger partial charge is 0.357 e. The third-order valence-corrected chi connectivity index (χ3v) is 9.89. The van der Waals surface area contributed by atoms with Crippen LogP contribution in [0.3, 0.4) is 0 Å². The number of pyridine rings is 1. The van der Waals surface area contributed by atoms with Crippen LogP contribution in [0.5, 0.6) is 0 Å². The van der Waals surface area contributed by atoms with Gasteiger partial charge in [0.25, 0.3) is 10.0 Å². The highest BCUT2D eigenvalue weighted by Gasteiger charge is 2.28. The molecule has 1 amide bonds. The van der Waals surface area contributed by atoms with Gasteiger partial charge in [0.1, 0.15) is 10.5 Å². The van der Waals surface area contributed by atoms with E-state index < -0.39 is 16.0 Å². The van der Waals surface area contributed by atoms with Crippen molar-refractivity contribution in [2.45, 2.75) is 38.6 Å². The normalized spacial score (nSPS) is 11.4. The number of esters is 1. The van der Waals surface area contributed by atoms with E-state index in [1.165, 1.54) is 6.07 Å². The molecule has 0 aliphatic heterocycles. The first-order chi connectivity index (χ1) is 20.7. The third kappa shape index (κ3) is 5.85. The van der Waals surface area contributed by atoms with E-state index >= 15 is 0 Å². The van der Waals surface area contributed by atoms with Crippen LogP contribution < -0.4 is 4.31 Å². The van der Waals surface area contributed by atoms with Crippen molar-refractivity contribution >= 4 is 55.1 Å². The molecule has 0 aliphatic carbocycles. The molecule has 0 bridgehead atoms. The number of anilines is 1. The van der Waals surface area contributed by atoms with Gasteiger partial charge >= 0.3 is 5.97 Å². The molecule has 0 radical (unpaired) electrons. The van der Waals surface area contributed by atoms with Crippen molar-refractivity contribution in [1.29, 1.82) is 0 Å². The lowest BCUT2D eigenvalue weighted by Gasteiger charge is -2.21. The Labute approximate surface area is 259 Å². The number of benzene rings is 3. The molecule has 3 aromatic carbocycles. The van der Waals surface area contributed by atoms with Crippen molar-refractivity contribution in [3.05, 3.63) is 112 Å². The summed E-state index contributed by atoms with van der Waals surface area (Å²) in [5, 5.41) is 0.982. The predicted octanol–water partition coefficient (Wildman–Crippen LogP) is 6.91. The Bertz CT molecular complexity index is 1930. The molecule has 5 rings (SSSR count). The van der Waals surface area contributed by atoms with Crippen LogP contribution in [-0.4, -0.2) is 37.0 Å². The number of carbonyl (C=O) groups excluding carboxylic acids is 2. The number of sulfonamides is 1. The number of ether oxygens (including phenoxy) is 1. The number of hydrogen-bond acceptors (Lipinski definition) is 6. The molecule has 0 fully saturated rings. The summed E-state index contributed by atoms with van der Waals surface area (Å²) in [4.78, 5) is 29.4. The van der Waals surface area contributed by atoms with Gasteiger partial charge in [-0.25, -0.2) is 22.5 Å². The van der Waals surface area contributed by atoms with Crippen LogP contribution in [-0.2, 0) is 32.5 Å². The van der Waals surface area contributed by atoms with Crippen LogP contribution in [0.1, 0.15) is 41.2 Å². The molecule has 220 valence electrons. The van der Waals surface area contributed by atoms with E-state index in [1.54, 1.807) is 55.5 Å². The Morgan fingerprint density at radius 2 is 1.70 bits per heavy atom. The summed E-state index contributed by atoms with van der Waals surface area (Å²) in [5.74, 6) is -0.452. The lowest BCUT2D eigenvalue weighted by atomic mass is 10.0. The van der Waals surface area contributed by atoms with Gasteiger partial charge in [-0.15, -0.1) is 0 Å². The molecule has 0 aliphatic rings. The summed E-state index contributed by atoms with van der Waals surface area (Å²) in [6.45, 7) is 6.59. The van der Waals surface area contributed by atoms with Crippen LogP contribution in [0, 0.1) is 6.92 Å². The second-order valence-electron chi connectivity index (χ2n) is 9.91. The average Bonchev–Trinajstić information content (AvgIpc) is 3.36.